The summed E-state index contributed by atoms with van der Waals surface area (Å²) < 4.78 is 18.2. The number of hydrogen-bond acceptors (Lipinski definition) is 6. The lowest BCUT2D eigenvalue weighted by atomic mass is 9.32. The van der Waals surface area contributed by atoms with Crippen molar-refractivity contribution in [2.45, 2.75) is 183 Å². The van der Waals surface area contributed by atoms with E-state index >= 15 is 0 Å². The molecule has 57 heavy (non-hydrogen) atoms. The summed E-state index contributed by atoms with van der Waals surface area (Å²) in [6.45, 7) is 25.5. The summed E-state index contributed by atoms with van der Waals surface area (Å²) in [5, 5.41) is 3.61. The number of benzene rings is 1. The van der Waals surface area contributed by atoms with E-state index in [4.69, 9.17) is 14.2 Å². The summed E-state index contributed by atoms with van der Waals surface area (Å²) in [4.78, 5) is 40.7. The van der Waals surface area contributed by atoms with Crippen molar-refractivity contribution < 1.29 is 28.6 Å². The minimum atomic E-state index is -0.514. The smallest absolute Gasteiger partial charge is 0.408 e. The second-order valence-electron chi connectivity index (χ2n) is 23.8. The van der Waals surface area contributed by atoms with E-state index in [0.717, 1.165) is 44.1 Å². The van der Waals surface area contributed by atoms with Gasteiger partial charge in [-0.2, -0.15) is 0 Å². The number of esters is 2. The van der Waals surface area contributed by atoms with Crippen LogP contribution in [0.4, 0.5) is 4.79 Å². The normalized spacial score (nSPS) is 43.4. The van der Waals surface area contributed by atoms with Gasteiger partial charge in [0.15, 0.2) is 0 Å². The second kappa shape index (κ2) is 13.5. The maximum Gasteiger partial charge on any atom is 0.408 e. The van der Waals surface area contributed by atoms with Crippen molar-refractivity contribution in [3.05, 3.63) is 35.9 Å². The molecule has 7 aliphatic rings. The van der Waals surface area contributed by atoms with Gasteiger partial charge in [0, 0.05) is 11.0 Å². The highest BCUT2D eigenvalue weighted by Crippen LogP contribution is 2.78. The molecule has 0 aromatic heterocycles. The van der Waals surface area contributed by atoms with Gasteiger partial charge in [-0.05, 0) is 166 Å². The van der Waals surface area contributed by atoms with Gasteiger partial charge in [-0.3, -0.25) is 9.59 Å². The number of carbonyl (C=O) groups is 3. The Kier molecular flexibility index (Phi) is 9.73. The minimum absolute atomic E-state index is 0.132. The van der Waals surface area contributed by atoms with Gasteiger partial charge in [0.1, 0.15) is 18.3 Å². The van der Waals surface area contributed by atoms with Crippen molar-refractivity contribution in [2.75, 3.05) is 0 Å². The highest BCUT2D eigenvalue weighted by Gasteiger charge is 2.73. The molecule has 0 radical (unpaired) electrons. The molecule has 1 amide bonds. The van der Waals surface area contributed by atoms with Crippen LogP contribution in [0.3, 0.4) is 0 Å². The van der Waals surface area contributed by atoms with Gasteiger partial charge in [-0.1, -0.05) is 85.7 Å². The fraction of sp³-hybridized carbons (Fsp3) is 0.820. The molecule has 12 atom stereocenters. The third kappa shape index (κ3) is 6.41. The van der Waals surface area contributed by atoms with E-state index < -0.39 is 11.0 Å². The number of ether oxygens (including phenoxy) is 3. The fourth-order valence-corrected chi connectivity index (χ4v) is 15.6. The molecule has 7 heteroatoms. The van der Waals surface area contributed by atoms with Gasteiger partial charge >= 0.3 is 18.0 Å². The van der Waals surface area contributed by atoms with Gasteiger partial charge in [0.25, 0.3) is 0 Å². The zero-order chi connectivity index (χ0) is 41.2. The summed E-state index contributed by atoms with van der Waals surface area (Å²) >= 11 is 0. The largest absolute Gasteiger partial charge is 0.462 e. The standard InChI is InChI=1S/C50H75NO6/c1-43(2,3)57-42(54)51-50-24-19-32(46(8)25-26-46)39(50)33-17-18-37-47(9)22-21-38(45(6,7)36(47)20-23-49(37,11)48(33,10)27-28-50)56-41(53)35-29-34(44(35,4)5)40(52)55-30-31-15-13-12-14-16-31/h12-16,32-39H,17-30H2,1-11H3,(H,51,54)/t32-,33-,34+,35-,36+,37-,38+,39-,47+,48-,49-,50+/m1/s1. The van der Waals surface area contributed by atoms with Crippen molar-refractivity contribution >= 4 is 18.0 Å². The van der Waals surface area contributed by atoms with Crippen LogP contribution in [0.15, 0.2) is 30.3 Å². The van der Waals surface area contributed by atoms with Crippen LogP contribution in [-0.2, 0) is 30.4 Å². The van der Waals surface area contributed by atoms with Crippen molar-refractivity contribution in [3.8, 4) is 0 Å². The van der Waals surface area contributed by atoms with Crippen LogP contribution in [0.2, 0.25) is 0 Å². The lowest BCUT2D eigenvalue weighted by Crippen LogP contribution is -2.69. The predicted molar refractivity (Wildman–Crippen MR) is 223 cm³/mol. The molecule has 7 nitrogen and oxygen atoms in total. The average molecular weight is 786 g/mol. The van der Waals surface area contributed by atoms with Gasteiger partial charge in [-0.15, -0.1) is 0 Å². The van der Waals surface area contributed by atoms with Crippen molar-refractivity contribution in [3.63, 3.8) is 0 Å². The van der Waals surface area contributed by atoms with Crippen LogP contribution in [0, 0.1) is 73.9 Å². The molecular formula is C50H75NO6. The van der Waals surface area contributed by atoms with E-state index in [9.17, 15) is 14.4 Å². The number of fused-ring (bicyclic) bond motifs is 7. The Hall–Kier alpha value is -2.57. The number of rotatable bonds is 7. The molecule has 0 bridgehead atoms. The predicted octanol–water partition coefficient (Wildman–Crippen LogP) is 11.5. The molecule has 1 aromatic carbocycles. The molecule has 8 rings (SSSR count). The van der Waals surface area contributed by atoms with E-state index in [1.807, 2.05) is 65.0 Å². The molecule has 7 aliphatic carbocycles. The lowest BCUT2D eigenvalue weighted by molar-refractivity contribution is -0.249. The Morgan fingerprint density at radius 3 is 2.02 bits per heavy atom. The minimum Gasteiger partial charge on any atom is -0.462 e. The summed E-state index contributed by atoms with van der Waals surface area (Å²) in [6, 6.07) is 9.77. The monoisotopic (exact) mass is 786 g/mol. The molecule has 1 N–H and O–H groups in total. The van der Waals surface area contributed by atoms with Gasteiger partial charge in [0.05, 0.1) is 11.8 Å². The van der Waals surface area contributed by atoms with E-state index in [1.165, 1.54) is 38.5 Å². The van der Waals surface area contributed by atoms with Gasteiger partial charge in [-0.25, -0.2) is 4.79 Å². The van der Waals surface area contributed by atoms with E-state index in [1.54, 1.807) is 0 Å². The highest BCUT2D eigenvalue weighted by atomic mass is 16.6. The summed E-state index contributed by atoms with van der Waals surface area (Å²) in [5.74, 6) is 1.84. The van der Waals surface area contributed by atoms with Gasteiger partial charge < -0.3 is 19.5 Å². The Morgan fingerprint density at radius 1 is 0.684 bits per heavy atom. The number of alkyl carbamates (subject to hydrolysis) is 1. The Morgan fingerprint density at radius 2 is 1.37 bits per heavy atom. The first-order chi connectivity index (χ1) is 26.5. The van der Waals surface area contributed by atoms with Crippen molar-refractivity contribution in [2.24, 2.45) is 73.9 Å². The molecule has 0 heterocycles. The molecule has 0 aliphatic heterocycles. The number of hydrogen-bond donors (Lipinski definition) is 1. The fourth-order valence-electron chi connectivity index (χ4n) is 15.6. The van der Waals surface area contributed by atoms with Gasteiger partial charge in [0.2, 0.25) is 0 Å². The van der Waals surface area contributed by atoms with Crippen LogP contribution >= 0.6 is 0 Å². The first kappa shape index (κ1) is 41.2. The SMILES string of the molecule is CC(C)(C)OC(=O)N[C@]12CC[C@@H](C3(C)CC3)[C@@H]1[C@H]1CC[C@@H]3[C@@]4(C)CC[C@H](OC(=O)[C@H]5C[C@@H](C(=O)OCc6ccccc6)C5(C)C)C(C)(C)[C@@H]4CC[C@@]3(C)[C@]1(C)CC2. The topological polar surface area (TPSA) is 90.9 Å². The van der Waals surface area contributed by atoms with Crippen LogP contribution in [0.5, 0.6) is 0 Å². The maximum atomic E-state index is 14.0. The van der Waals surface area contributed by atoms with Crippen LogP contribution in [-0.4, -0.2) is 35.3 Å². The molecule has 0 spiro atoms. The number of nitrogens with one attached hydrogen (secondary N) is 1. The molecule has 0 saturated heterocycles. The van der Waals surface area contributed by atoms with Crippen LogP contribution in [0.25, 0.3) is 0 Å². The highest BCUT2D eigenvalue weighted by molar-refractivity contribution is 5.82. The molecular weight excluding hydrogens is 711 g/mol. The zero-order valence-electron chi connectivity index (χ0n) is 37.4. The summed E-state index contributed by atoms with van der Waals surface area (Å²) in [5.41, 5.74) is 0.595. The Balaban J connectivity index is 0.969. The maximum absolute atomic E-state index is 14.0. The molecule has 0 unspecified atom stereocenters. The first-order valence-corrected chi connectivity index (χ1v) is 22.9. The summed E-state index contributed by atoms with van der Waals surface area (Å²) in [6.07, 6.45) is 14.1. The molecule has 7 fully saturated rings. The number of amides is 1. The zero-order valence-corrected chi connectivity index (χ0v) is 37.4. The van der Waals surface area contributed by atoms with Crippen LogP contribution < -0.4 is 5.32 Å². The third-order valence-electron chi connectivity index (χ3n) is 19.4. The van der Waals surface area contributed by atoms with E-state index in [2.05, 4.69) is 46.9 Å². The first-order valence-electron chi connectivity index (χ1n) is 22.9. The quantitative estimate of drug-likeness (QED) is 0.219. The van der Waals surface area contributed by atoms with Crippen molar-refractivity contribution in [1.29, 1.82) is 0 Å². The second-order valence-corrected chi connectivity index (χ2v) is 23.8. The lowest BCUT2D eigenvalue weighted by Gasteiger charge is -2.73. The summed E-state index contributed by atoms with van der Waals surface area (Å²) in [7, 11) is 0. The van der Waals surface area contributed by atoms with E-state index in [-0.39, 0.29) is 69.8 Å². The number of carbonyl (C=O) groups excluding carboxylic acids is 3. The molecule has 1 aromatic rings. The third-order valence-corrected chi connectivity index (χ3v) is 19.4. The van der Waals surface area contributed by atoms with Crippen molar-refractivity contribution in [1.82, 2.24) is 5.32 Å². The molecule has 316 valence electrons. The van der Waals surface area contributed by atoms with Crippen LogP contribution in [0.1, 0.15) is 165 Å². The van der Waals surface area contributed by atoms with E-state index in [0.29, 0.717) is 41.4 Å². The molecule has 7 saturated carbocycles. The Bertz CT molecular complexity index is 1740. The average Bonchev–Trinajstić information content (AvgIpc) is 3.75. The Labute approximate surface area is 344 Å².